The summed E-state index contributed by atoms with van der Waals surface area (Å²) in [7, 11) is -3.20. The molecular weight excluding hydrogens is 240 g/mol. The third-order valence-corrected chi connectivity index (χ3v) is 5.86. The Kier molecular flexibility index (Phi) is 4.41. The largest absolute Gasteiger partial charge is 0.396 e. The second-order valence-corrected chi connectivity index (χ2v) is 6.90. The summed E-state index contributed by atoms with van der Waals surface area (Å²) in [5.74, 6) is 0.491. The van der Waals surface area contributed by atoms with Crippen molar-refractivity contribution in [1.29, 1.82) is 0 Å². The Bertz CT molecular complexity index is 331. The first-order chi connectivity index (χ1) is 8.14. The van der Waals surface area contributed by atoms with Crippen molar-refractivity contribution < 1.29 is 13.5 Å². The second-order valence-electron chi connectivity index (χ2n) is 4.97. The molecule has 2 rings (SSSR count). The Morgan fingerprint density at radius 2 is 1.53 bits per heavy atom. The maximum absolute atomic E-state index is 12.3. The molecule has 6 heteroatoms. The van der Waals surface area contributed by atoms with E-state index in [1.807, 2.05) is 0 Å². The van der Waals surface area contributed by atoms with Crippen molar-refractivity contribution in [2.75, 3.05) is 32.8 Å². The average molecular weight is 262 g/mol. The lowest BCUT2D eigenvalue weighted by Crippen LogP contribution is -2.46. The van der Waals surface area contributed by atoms with Gasteiger partial charge in [0.25, 0.3) is 10.2 Å². The van der Waals surface area contributed by atoms with Crippen molar-refractivity contribution in [2.45, 2.75) is 32.1 Å². The summed E-state index contributed by atoms with van der Waals surface area (Å²) in [6.07, 6.45) is 4.54. The Morgan fingerprint density at radius 3 is 2.06 bits per heavy atom. The number of hydrogen-bond acceptors (Lipinski definition) is 3. The summed E-state index contributed by atoms with van der Waals surface area (Å²) in [6, 6.07) is 0. The van der Waals surface area contributed by atoms with Crippen LogP contribution in [0.3, 0.4) is 0 Å². The zero-order valence-corrected chi connectivity index (χ0v) is 11.0. The highest BCUT2D eigenvalue weighted by atomic mass is 32.2. The van der Waals surface area contributed by atoms with Gasteiger partial charge >= 0.3 is 0 Å². The SMILES string of the molecule is O=S(=O)(N1CCCC1)N1CCC(CCO)CC1. The third kappa shape index (κ3) is 2.99. The smallest absolute Gasteiger partial charge is 0.281 e. The molecule has 100 valence electrons. The molecular formula is C11H22N2O3S. The summed E-state index contributed by atoms with van der Waals surface area (Å²) in [4.78, 5) is 0. The van der Waals surface area contributed by atoms with Crippen LogP contribution in [0.1, 0.15) is 32.1 Å². The Labute approximate surface area is 104 Å². The molecule has 0 aromatic rings. The van der Waals surface area contributed by atoms with Gasteiger partial charge in [0.15, 0.2) is 0 Å². The Balaban J connectivity index is 1.91. The van der Waals surface area contributed by atoms with E-state index in [0.29, 0.717) is 32.1 Å². The molecule has 0 saturated carbocycles. The summed E-state index contributed by atoms with van der Waals surface area (Å²) >= 11 is 0. The molecule has 0 aromatic carbocycles. The quantitative estimate of drug-likeness (QED) is 0.799. The van der Waals surface area contributed by atoms with E-state index in [2.05, 4.69) is 0 Å². The lowest BCUT2D eigenvalue weighted by atomic mass is 9.95. The maximum atomic E-state index is 12.3. The molecule has 0 aromatic heterocycles. The number of nitrogens with zero attached hydrogens (tertiary/aromatic N) is 2. The molecule has 0 bridgehead atoms. The van der Waals surface area contributed by atoms with Crippen LogP contribution in [0.5, 0.6) is 0 Å². The molecule has 2 heterocycles. The summed E-state index contributed by atoms with van der Waals surface area (Å²) in [5, 5.41) is 8.88. The molecule has 2 saturated heterocycles. The standard InChI is InChI=1S/C11H22N2O3S/c14-10-5-11-3-8-13(9-4-11)17(15,16)12-6-1-2-7-12/h11,14H,1-10H2. The van der Waals surface area contributed by atoms with Crippen LogP contribution < -0.4 is 0 Å². The molecule has 0 radical (unpaired) electrons. The molecule has 0 unspecified atom stereocenters. The number of aliphatic hydroxyl groups is 1. The van der Waals surface area contributed by atoms with Crippen molar-refractivity contribution in [3.05, 3.63) is 0 Å². The van der Waals surface area contributed by atoms with E-state index in [1.165, 1.54) is 0 Å². The van der Waals surface area contributed by atoms with E-state index in [1.54, 1.807) is 8.61 Å². The predicted octanol–water partition coefficient (Wildman–Crippen LogP) is 0.421. The highest BCUT2D eigenvalue weighted by Crippen LogP contribution is 2.25. The lowest BCUT2D eigenvalue weighted by Gasteiger charge is -2.33. The van der Waals surface area contributed by atoms with Crippen LogP contribution in [0.25, 0.3) is 0 Å². The van der Waals surface area contributed by atoms with Gasteiger partial charge in [-0.2, -0.15) is 17.0 Å². The fraction of sp³-hybridized carbons (Fsp3) is 1.00. The van der Waals surface area contributed by atoms with Crippen molar-refractivity contribution in [2.24, 2.45) is 5.92 Å². The van der Waals surface area contributed by atoms with E-state index >= 15 is 0 Å². The van der Waals surface area contributed by atoms with E-state index in [9.17, 15) is 8.42 Å². The molecule has 0 aliphatic carbocycles. The minimum Gasteiger partial charge on any atom is -0.396 e. The Hall–Kier alpha value is -0.170. The van der Waals surface area contributed by atoms with Crippen LogP contribution in [-0.4, -0.2) is 54.9 Å². The lowest BCUT2D eigenvalue weighted by molar-refractivity contribution is 0.203. The van der Waals surface area contributed by atoms with Crippen LogP contribution in [0.2, 0.25) is 0 Å². The monoisotopic (exact) mass is 262 g/mol. The number of rotatable bonds is 4. The van der Waals surface area contributed by atoms with Gasteiger partial charge in [0.2, 0.25) is 0 Å². The van der Waals surface area contributed by atoms with E-state index in [-0.39, 0.29) is 6.61 Å². The van der Waals surface area contributed by atoms with Gasteiger partial charge < -0.3 is 5.11 Å². The average Bonchev–Trinajstić information content (AvgIpc) is 2.84. The van der Waals surface area contributed by atoms with Gasteiger partial charge in [0.05, 0.1) is 0 Å². The fourth-order valence-electron chi connectivity index (χ4n) is 2.69. The van der Waals surface area contributed by atoms with Crippen LogP contribution in [0, 0.1) is 5.92 Å². The molecule has 5 nitrogen and oxygen atoms in total. The number of hydrogen-bond donors (Lipinski definition) is 1. The van der Waals surface area contributed by atoms with Gasteiger partial charge in [-0.1, -0.05) is 0 Å². The molecule has 2 aliphatic heterocycles. The topological polar surface area (TPSA) is 60.9 Å². The summed E-state index contributed by atoms with van der Waals surface area (Å²) in [6.45, 7) is 2.80. The predicted molar refractivity (Wildman–Crippen MR) is 65.7 cm³/mol. The summed E-state index contributed by atoms with van der Waals surface area (Å²) < 4.78 is 27.7. The first kappa shape index (κ1) is 13.3. The minimum absolute atomic E-state index is 0.212. The fourth-order valence-corrected chi connectivity index (χ4v) is 4.41. The molecule has 1 N–H and O–H groups in total. The zero-order chi connectivity index (χ0) is 12.3. The number of aliphatic hydroxyl groups excluding tert-OH is 1. The van der Waals surface area contributed by atoms with Gasteiger partial charge in [0, 0.05) is 32.8 Å². The van der Waals surface area contributed by atoms with Crippen molar-refractivity contribution in [3.63, 3.8) is 0 Å². The second kappa shape index (κ2) is 5.65. The highest BCUT2D eigenvalue weighted by Gasteiger charge is 2.33. The van der Waals surface area contributed by atoms with Crippen LogP contribution in [0.15, 0.2) is 0 Å². The van der Waals surface area contributed by atoms with Gasteiger partial charge in [0.1, 0.15) is 0 Å². The molecule has 17 heavy (non-hydrogen) atoms. The number of piperidine rings is 1. The zero-order valence-electron chi connectivity index (χ0n) is 10.2. The highest BCUT2D eigenvalue weighted by molar-refractivity contribution is 7.86. The van der Waals surface area contributed by atoms with Gasteiger partial charge in [-0.05, 0) is 38.0 Å². The van der Waals surface area contributed by atoms with E-state index < -0.39 is 10.2 Å². The van der Waals surface area contributed by atoms with Crippen molar-refractivity contribution >= 4 is 10.2 Å². The molecule has 0 spiro atoms. The molecule has 0 amide bonds. The molecule has 2 fully saturated rings. The van der Waals surface area contributed by atoms with Crippen LogP contribution in [-0.2, 0) is 10.2 Å². The van der Waals surface area contributed by atoms with E-state index in [4.69, 9.17) is 5.11 Å². The van der Waals surface area contributed by atoms with Gasteiger partial charge in [-0.25, -0.2) is 0 Å². The van der Waals surface area contributed by atoms with Crippen molar-refractivity contribution in [3.8, 4) is 0 Å². The van der Waals surface area contributed by atoms with Gasteiger partial charge in [-0.3, -0.25) is 0 Å². The third-order valence-electron chi connectivity index (χ3n) is 3.83. The van der Waals surface area contributed by atoms with Crippen LogP contribution >= 0.6 is 0 Å². The first-order valence-corrected chi connectivity index (χ1v) is 7.90. The summed E-state index contributed by atoms with van der Waals surface area (Å²) in [5.41, 5.74) is 0. The minimum atomic E-state index is -3.20. The maximum Gasteiger partial charge on any atom is 0.281 e. The normalized spacial score (nSPS) is 25.5. The van der Waals surface area contributed by atoms with E-state index in [0.717, 1.165) is 32.1 Å². The Morgan fingerprint density at radius 1 is 1.00 bits per heavy atom. The molecule has 0 atom stereocenters. The van der Waals surface area contributed by atoms with Gasteiger partial charge in [-0.15, -0.1) is 0 Å². The molecule has 2 aliphatic rings. The van der Waals surface area contributed by atoms with Crippen LogP contribution in [0.4, 0.5) is 0 Å². The first-order valence-electron chi connectivity index (χ1n) is 6.50. The van der Waals surface area contributed by atoms with Crippen molar-refractivity contribution in [1.82, 2.24) is 8.61 Å².